The second-order valence-corrected chi connectivity index (χ2v) is 8.71. The van der Waals surface area contributed by atoms with Gasteiger partial charge in [0, 0.05) is 25.2 Å². The number of fused-ring (bicyclic) bond motifs is 2. The van der Waals surface area contributed by atoms with Crippen molar-refractivity contribution >= 4 is 6.09 Å². The van der Waals surface area contributed by atoms with Crippen molar-refractivity contribution in [3.63, 3.8) is 0 Å². The lowest BCUT2D eigenvalue weighted by Crippen LogP contribution is -2.44. The van der Waals surface area contributed by atoms with E-state index in [-0.39, 0.29) is 6.09 Å². The van der Waals surface area contributed by atoms with E-state index < -0.39 is 5.60 Å². The highest BCUT2D eigenvalue weighted by molar-refractivity contribution is 5.68. The first kappa shape index (κ1) is 16.1. The number of amides is 1. The van der Waals surface area contributed by atoms with Gasteiger partial charge in [0.1, 0.15) is 5.60 Å². The number of ether oxygens (including phenoxy) is 1. The summed E-state index contributed by atoms with van der Waals surface area (Å²) in [5, 5.41) is 3.80. The molecule has 2 aliphatic carbocycles. The third-order valence-electron chi connectivity index (χ3n) is 5.77. The van der Waals surface area contributed by atoms with Crippen molar-refractivity contribution in [2.75, 3.05) is 13.1 Å². The highest BCUT2D eigenvalue weighted by Gasteiger charge is 2.42. The van der Waals surface area contributed by atoms with Crippen molar-refractivity contribution < 1.29 is 9.53 Å². The average Bonchev–Trinajstić information content (AvgIpc) is 3.12. The molecule has 0 aromatic rings. The largest absolute Gasteiger partial charge is 0.444 e. The van der Waals surface area contributed by atoms with Gasteiger partial charge in [0.05, 0.1) is 0 Å². The van der Waals surface area contributed by atoms with Crippen LogP contribution in [-0.4, -0.2) is 41.8 Å². The summed E-state index contributed by atoms with van der Waals surface area (Å²) in [4.78, 5) is 14.0. The van der Waals surface area contributed by atoms with Gasteiger partial charge in [0.15, 0.2) is 0 Å². The van der Waals surface area contributed by atoms with Crippen LogP contribution in [-0.2, 0) is 4.74 Å². The number of hydrogen-bond acceptors (Lipinski definition) is 3. The molecule has 3 aliphatic rings. The Hall–Kier alpha value is -0.770. The van der Waals surface area contributed by atoms with Crippen molar-refractivity contribution in [1.29, 1.82) is 0 Å². The molecule has 1 amide bonds. The van der Waals surface area contributed by atoms with Gasteiger partial charge in [0.2, 0.25) is 0 Å². The van der Waals surface area contributed by atoms with Crippen molar-refractivity contribution in [2.45, 2.75) is 77.5 Å². The van der Waals surface area contributed by atoms with E-state index in [4.69, 9.17) is 4.74 Å². The summed E-state index contributed by atoms with van der Waals surface area (Å²) in [6.07, 6.45) is 6.67. The first-order valence-corrected chi connectivity index (χ1v) is 9.06. The average molecular weight is 308 g/mol. The van der Waals surface area contributed by atoms with E-state index in [9.17, 15) is 4.79 Å². The van der Waals surface area contributed by atoms with Crippen LogP contribution in [0.5, 0.6) is 0 Å². The minimum atomic E-state index is -0.404. The van der Waals surface area contributed by atoms with Gasteiger partial charge < -0.3 is 15.0 Å². The Labute approximate surface area is 135 Å². The molecule has 3 fully saturated rings. The predicted molar refractivity (Wildman–Crippen MR) is 87.7 cm³/mol. The number of carbonyl (C=O) groups is 1. The Morgan fingerprint density at radius 3 is 2.59 bits per heavy atom. The maximum atomic E-state index is 12.1. The Bertz CT molecular complexity index is 418. The minimum Gasteiger partial charge on any atom is -0.444 e. The van der Waals surface area contributed by atoms with Gasteiger partial charge in [-0.05, 0) is 71.1 Å². The number of nitrogens with one attached hydrogen (secondary N) is 1. The van der Waals surface area contributed by atoms with Crippen LogP contribution in [0, 0.1) is 17.8 Å². The fraction of sp³-hybridized carbons (Fsp3) is 0.944. The Morgan fingerprint density at radius 1 is 1.23 bits per heavy atom. The van der Waals surface area contributed by atoms with Crippen LogP contribution in [0.2, 0.25) is 0 Å². The summed E-state index contributed by atoms with van der Waals surface area (Å²) < 4.78 is 5.47. The summed E-state index contributed by atoms with van der Waals surface area (Å²) in [7, 11) is 0. The maximum absolute atomic E-state index is 12.1. The topological polar surface area (TPSA) is 41.6 Å². The molecule has 2 saturated carbocycles. The molecule has 22 heavy (non-hydrogen) atoms. The van der Waals surface area contributed by atoms with Crippen LogP contribution in [0.4, 0.5) is 4.79 Å². The molecule has 4 nitrogen and oxygen atoms in total. The van der Waals surface area contributed by atoms with Gasteiger partial charge in [-0.3, -0.25) is 0 Å². The molecule has 4 heteroatoms. The molecule has 2 bridgehead atoms. The number of nitrogens with zero attached hydrogens (tertiary/aromatic N) is 1. The zero-order chi connectivity index (χ0) is 15.9. The molecule has 0 aromatic carbocycles. The van der Waals surface area contributed by atoms with Crippen LogP contribution >= 0.6 is 0 Å². The van der Waals surface area contributed by atoms with Crippen LogP contribution in [0.3, 0.4) is 0 Å². The Balaban J connectivity index is 1.46. The van der Waals surface area contributed by atoms with E-state index in [0.29, 0.717) is 12.1 Å². The quantitative estimate of drug-likeness (QED) is 0.868. The molecule has 5 atom stereocenters. The van der Waals surface area contributed by atoms with E-state index in [1.54, 1.807) is 0 Å². The second kappa shape index (κ2) is 6.03. The normalized spacial score (nSPS) is 35.9. The minimum absolute atomic E-state index is 0.163. The Morgan fingerprint density at radius 2 is 2.00 bits per heavy atom. The molecule has 1 N–H and O–H groups in total. The molecule has 1 heterocycles. The number of hydrogen-bond donors (Lipinski definition) is 1. The molecule has 126 valence electrons. The molecule has 5 unspecified atom stereocenters. The van der Waals surface area contributed by atoms with Gasteiger partial charge in [-0.15, -0.1) is 0 Å². The summed E-state index contributed by atoms with van der Waals surface area (Å²) >= 11 is 0. The second-order valence-electron chi connectivity index (χ2n) is 8.71. The molecular weight excluding hydrogens is 276 g/mol. The fourth-order valence-corrected chi connectivity index (χ4v) is 4.79. The Kier molecular flexibility index (Phi) is 4.41. The molecule has 3 rings (SSSR count). The summed E-state index contributed by atoms with van der Waals surface area (Å²) in [6, 6.07) is 1.01. The third kappa shape index (κ3) is 3.58. The van der Waals surface area contributed by atoms with Crippen LogP contribution in [0.25, 0.3) is 0 Å². The van der Waals surface area contributed by atoms with Crippen LogP contribution in [0.15, 0.2) is 0 Å². The molecular formula is C18H32N2O2. The van der Waals surface area contributed by atoms with Crippen molar-refractivity contribution in [3.8, 4) is 0 Å². The number of carbonyl (C=O) groups excluding carboxylic acids is 1. The molecule has 1 saturated heterocycles. The maximum Gasteiger partial charge on any atom is 0.410 e. The van der Waals surface area contributed by atoms with Crippen LogP contribution in [0.1, 0.15) is 59.8 Å². The standard InChI is InChI=1S/C18H32N2O2/c1-12(16-10-13-5-6-14(16)9-13)19-15-7-8-20(11-15)17(21)22-18(2,3)4/h12-16,19H,5-11H2,1-4H3. The van der Waals surface area contributed by atoms with E-state index in [0.717, 1.165) is 37.3 Å². The lowest BCUT2D eigenvalue weighted by Gasteiger charge is -2.31. The fourth-order valence-electron chi connectivity index (χ4n) is 4.79. The zero-order valence-electron chi connectivity index (χ0n) is 14.6. The first-order chi connectivity index (χ1) is 10.3. The van der Waals surface area contributed by atoms with Gasteiger partial charge >= 0.3 is 6.09 Å². The van der Waals surface area contributed by atoms with Gasteiger partial charge in [-0.2, -0.15) is 0 Å². The smallest absolute Gasteiger partial charge is 0.410 e. The monoisotopic (exact) mass is 308 g/mol. The lowest BCUT2D eigenvalue weighted by molar-refractivity contribution is 0.0289. The molecule has 0 radical (unpaired) electrons. The van der Waals surface area contributed by atoms with E-state index >= 15 is 0 Å². The van der Waals surface area contributed by atoms with Gasteiger partial charge in [-0.25, -0.2) is 4.79 Å². The highest BCUT2D eigenvalue weighted by atomic mass is 16.6. The first-order valence-electron chi connectivity index (χ1n) is 9.06. The summed E-state index contributed by atoms with van der Waals surface area (Å²) in [5.41, 5.74) is -0.404. The SMILES string of the molecule is CC(NC1CCN(C(=O)OC(C)(C)C)C1)C1CC2CCC1C2. The molecule has 1 aliphatic heterocycles. The number of rotatable bonds is 3. The molecule has 0 aromatic heterocycles. The van der Waals surface area contributed by atoms with E-state index in [1.807, 2.05) is 25.7 Å². The van der Waals surface area contributed by atoms with Crippen molar-refractivity contribution in [3.05, 3.63) is 0 Å². The zero-order valence-corrected chi connectivity index (χ0v) is 14.6. The lowest BCUT2D eigenvalue weighted by atomic mass is 9.83. The molecule has 0 spiro atoms. The third-order valence-corrected chi connectivity index (χ3v) is 5.77. The number of likely N-dealkylation sites (tertiary alicyclic amines) is 1. The van der Waals surface area contributed by atoms with E-state index in [2.05, 4.69) is 12.2 Å². The van der Waals surface area contributed by atoms with Crippen molar-refractivity contribution in [1.82, 2.24) is 10.2 Å². The van der Waals surface area contributed by atoms with Crippen LogP contribution < -0.4 is 5.32 Å². The predicted octanol–water partition coefficient (Wildman–Crippen LogP) is 3.41. The van der Waals surface area contributed by atoms with E-state index in [1.165, 1.54) is 25.7 Å². The van der Waals surface area contributed by atoms with Gasteiger partial charge in [0.25, 0.3) is 0 Å². The van der Waals surface area contributed by atoms with Crippen molar-refractivity contribution in [2.24, 2.45) is 17.8 Å². The summed E-state index contributed by atoms with van der Waals surface area (Å²) in [6.45, 7) is 9.73. The van der Waals surface area contributed by atoms with Gasteiger partial charge in [-0.1, -0.05) is 6.42 Å². The highest BCUT2D eigenvalue weighted by Crippen LogP contribution is 2.49. The summed E-state index contributed by atoms with van der Waals surface area (Å²) in [5.74, 6) is 2.81.